The molecule has 0 spiro atoms. The van der Waals surface area contributed by atoms with E-state index < -0.39 is 17.2 Å². The van der Waals surface area contributed by atoms with Gasteiger partial charge in [0, 0.05) is 38.6 Å². The maximum atomic E-state index is 13.1. The van der Waals surface area contributed by atoms with E-state index in [1.807, 2.05) is 33.8 Å². The number of carbonyl (C=O) groups is 2. The first-order valence-electron chi connectivity index (χ1n) is 10.6. The topological polar surface area (TPSA) is 127 Å². The molecule has 3 N–H and O–H groups in total. The number of anilines is 2. The van der Waals surface area contributed by atoms with Crippen LogP contribution < -0.4 is 21.9 Å². The van der Waals surface area contributed by atoms with E-state index in [0.717, 1.165) is 11.1 Å². The Hall–Kier alpha value is -3.20. The summed E-state index contributed by atoms with van der Waals surface area (Å²) in [5.41, 5.74) is 7.28. The van der Waals surface area contributed by atoms with Crippen LogP contribution in [0, 0.1) is 19.8 Å². The van der Waals surface area contributed by atoms with Gasteiger partial charge in [-0.2, -0.15) is 0 Å². The van der Waals surface area contributed by atoms with Crippen molar-refractivity contribution < 1.29 is 14.3 Å². The van der Waals surface area contributed by atoms with Crippen molar-refractivity contribution in [3.05, 3.63) is 55.7 Å². The van der Waals surface area contributed by atoms with E-state index in [1.54, 1.807) is 12.1 Å². The van der Waals surface area contributed by atoms with E-state index in [-0.39, 0.29) is 55.7 Å². The predicted octanol–water partition coefficient (Wildman–Crippen LogP) is 2.03. The number of amides is 1. The van der Waals surface area contributed by atoms with E-state index in [1.165, 1.54) is 16.6 Å². The molecule has 0 fully saturated rings. The van der Waals surface area contributed by atoms with Crippen LogP contribution in [0.3, 0.4) is 0 Å². The van der Waals surface area contributed by atoms with Gasteiger partial charge < -0.3 is 15.4 Å². The molecule has 1 heterocycles. The number of benzene rings is 1. The van der Waals surface area contributed by atoms with Gasteiger partial charge >= 0.3 is 5.69 Å². The number of hydrogen-bond donors (Lipinski definition) is 2. The summed E-state index contributed by atoms with van der Waals surface area (Å²) in [6.07, 6.45) is -0.133. The second kappa shape index (κ2) is 10.9. The van der Waals surface area contributed by atoms with E-state index in [4.69, 9.17) is 10.5 Å². The van der Waals surface area contributed by atoms with Crippen molar-refractivity contribution in [1.82, 2.24) is 9.55 Å². The lowest BCUT2D eigenvalue weighted by molar-refractivity contribution is -0.118. The van der Waals surface area contributed by atoms with E-state index >= 15 is 0 Å². The van der Waals surface area contributed by atoms with Crippen molar-refractivity contribution in [3.63, 3.8) is 0 Å². The number of aryl methyl sites for hydroxylation is 2. The molecule has 0 bridgehead atoms. The van der Waals surface area contributed by atoms with Crippen molar-refractivity contribution in [3.8, 4) is 0 Å². The number of nitrogens with zero attached hydrogens (tertiary/aromatic N) is 2. The van der Waals surface area contributed by atoms with Gasteiger partial charge in [-0.3, -0.25) is 23.9 Å². The summed E-state index contributed by atoms with van der Waals surface area (Å²) in [4.78, 5) is 53.9. The van der Waals surface area contributed by atoms with Gasteiger partial charge in [-0.15, -0.1) is 0 Å². The first-order valence-corrected chi connectivity index (χ1v) is 10.6. The van der Waals surface area contributed by atoms with Gasteiger partial charge in [0.1, 0.15) is 5.82 Å². The van der Waals surface area contributed by atoms with Gasteiger partial charge in [-0.05, 0) is 37.0 Å². The van der Waals surface area contributed by atoms with Crippen LogP contribution >= 0.6 is 0 Å². The molecular formula is C23H32N4O5. The smallest absolute Gasteiger partial charge is 0.330 e. The summed E-state index contributed by atoms with van der Waals surface area (Å²) in [5.74, 6) is -0.615. The van der Waals surface area contributed by atoms with E-state index in [9.17, 15) is 19.2 Å². The summed E-state index contributed by atoms with van der Waals surface area (Å²) >= 11 is 0. The molecular weight excluding hydrogens is 412 g/mol. The van der Waals surface area contributed by atoms with Crippen LogP contribution in [-0.4, -0.2) is 41.5 Å². The predicted molar refractivity (Wildman–Crippen MR) is 124 cm³/mol. The Morgan fingerprint density at radius 2 is 1.84 bits per heavy atom. The normalized spacial score (nSPS) is 11.1. The Bertz CT molecular complexity index is 1100. The van der Waals surface area contributed by atoms with Crippen LogP contribution in [-0.2, 0) is 16.1 Å². The van der Waals surface area contributed by atoms with Gasteiger partial charge in [0.15, 0.2) is 11.5 Å². The summed E-state index contributed by atoms with van der Waals surface area (Å²) in [6.45, 7) is 8.18. The lowest BCUT2D eigenvalue weighted by atomic mass is 10.0. The van der Waals surface area contributed by atoms with Crippen LogP contribution in [0.5, 0.6) is 0 Å². The van der Waals surface area contributed by atoms with Gasteiger partial charge in [-0.25, -0.2) is 4.79 Å². The fourth-order valence-corrected chi connectivity index (χ4v) is 3.34. The average molecular weight is 445 g/mol. The lowest BCUT2D eigenvalue weighted by Gasteiger charge is -2.24. The molecule has 2 aromatic rings. The van der Waals surface area contributed by atoms with Crippen molar-refractivity contribution in [2.45, 2.75) is 47.1 Å². The fourth-order valence-electron chi connectivity index (χ4n) is 3.34. The number of methoxy groups -OCH3 is 1. The number of H-pyrrole nitrogens is 1. The number of carbonyl (C=O) groups excluding carboxylic acids is 2. The van der Waals surface area contributed by atoms with E-state index in [2.05, 4.69) is 4.98 Å². The standard InChI is InChI=1S/C23H32N4O5/c1-14(2)13-27-21(24)20(22(30)25-23(27)31)26(10-11-32-5)19(29)9-8-18(28)17-7-6-15(3)16(4)12-17/h6-7,12,14H,8-11,13,24H2,1-5H3,(H,25,30,31). The Labute approximate surface area is 187 Å². The molecule has 0 aliphatic carbocycles. The zero-order valence-corrected chi connectivity index (χ0v) is 19.4. The second-order valence-electron chi connectivity index (χ2n) is 8.26. The zero-order valence-electron chi connectivity index (χ0n) is 19.4. The first-order chi connectivity index (χ1) is 15.1. The second-order valence-corrected chi connectivity index (χ2v) is 8.26. The highest BCUT2D eigenvalue weighted by Gasteiger charge is 2.25. The first kappa shape index (κ1) is 25.1. The Morgan fingerprint density at radius 1 is 1.16 bits per heavy atom. The molecule has 1 aromatic carbocycles. The van der Waals surface area contributed by atoms with E-state index in [0.29, 0.717) is 5.56 Å². The van der Waals surface area contributed by atoms with Crippen molar-refractivity contribution in [1.29, 1.82) is 0 Å². The number of aromatic nitrogens is 2. The molecule has 0 unspecified atom stereocenters. The van der Waals surface area contributed by atoms with Crippen molar-refractivity contribution in [2.75, 3.05) is 30.9 Å². The SMILES string of the molecule is COCCN(C(=O)CCC(=O)c1ccc(C)c(C)c1)c1c(N)n(CC(C)C)c(=O)[nH]c1=O. The number of nitrogen functional groups attached to an aromatic ring is 1. The summed E-state index contributed by atoms with van der Waals surface area (Å²) in [7, 11) is 1.47. The van der Waals surface area contributed by atoms with Crippen LogP contribution in [0.2, 0.25) is 0 Å². The number of ketones is 1. The molecule has 0 aliphatic rings. The summed E-state index contributed by atoms with van der Waals surface area (Å²) < 4.78 is 6.32. The number of aromatic amines is 1. The highest BCUT2D eigenvalue weighted by Crippen LogP contribution is 2.20. The molecule has 0 atom stereocenters. The van der Waals surface area contributed by atoms with Crippen LogP contribution in [0.4, 0.5) is 11.5 Å². The van der Waals surface area contributed by atoms with Crippen LogP contribution in [0.1, 0.15) is 48.2 Å². The Balaban J connectivity index is 2.32. The quantitative estimate of drug-likeness (QED) is 0.540. The molecule has 32 heavy (non-hydrogen) atoms. The lowest BCUT2D eigenvalue weighted by Crippen LogP contribution is -2.43. The minimum absolute atomic E-state index is 0.0196. The van der Waals surface area contributed by atoms with Crippen LogP contribution in [0.25, 0.3) is 0 Å². The number of ether oxygens (including phenoxy) is 1. The maximum absolute atomic E-state index is 13.1. The number of rotatable bonds is 10. The average Bonchev–Trinajstić information content (AvgIpc) is 2.73. The fraction of sp³-hybridized carbons (Fsp3) is 0.478. The Kier molecular flexibility index (Phi) is 8.54. The summed E-state index contributed by atoms with van der Waals surface area (Å²) in [6, 6.07) is 5.41. The van der Waals surface area contributed by atoms with Gasteiger partial charge in [0.25, 0.3) is 5.56 Å². The Morgan fingerprint density at radius 3 is 2.44 bits per heavy atom. The molecule has 1 aromatic heterocycles. The number of nitrogens with one attached hydrogen (secondary N) is 1. The molecule has 9 nitrogen and oxygen atoms in total. The number of hydrogen-bond acceptors (Lipinski definition) is 6. The highest BCUT2D eigenvalue weighted by atomic mass is 16.5. The number of nitrogens with two attached hydrogens (primary N) is 1. The van der Waals surface area contributed by atoms with Gasteiger partial charge in [-0.1, -0.05) is 26.0 Å². The molecule has 0 aliphatic heterocycles. The minimum Gasteiger partial charge on any atom is -0.383 e. The molecule has 1 amide bonds. The van der Waals surface area contributed by atoms with Crippen molar-refractivity contribution >= 4 is 23.2 Å². The third-order valence-corrected chi connectivity index (χ3v) is 5.25. The number of Topliss-reactive ketones (excluding diaryl/α,β-unsaturated/α-hetero) is 1. The van der Waals surface area contributed by atoms with Crippen molar-refractivity contribution in [2.24, 2.45) is 5.92 Å². The van der Waals surface area contributed by atoms with Gasteiger partial charge in [0.2, 0.25) is 5.91 Å². The van der Waals surface area contributed by atoms with Crippen LogP contribution in [0.15, 0.2) is 27.8 Å². The third kappa shape index (κ3) is 5.94. The molecule has 0 radical (unpaired) electrons. The summed E-state index contributed by atoms with van der Waals surface area (Å²) in [5, 5.41) is 0. The molecule has 174 valence electrons. The minimum atomic E-state index is -0.752. The third-order valence-electron chi connectivity index (χ3n) is 5.25. The molecule has 0 saturated heterocycles. The molecule has 2 rings (SSSR count). The highest BCUT2D eigenvalue weighted by molar-refractivity contribution is 6.01. The van der Waals surface area contributed by atoms with Gasteiger partial charge in [0.05, 0.1) is 6.61 Å². The monoisotopic (exact) mass is 444 g/mol. The molecule has 9 heteroatoms. The largest absolute Gasteiger partial charge is 0.383 e. The maximum Gasteiger partial charge on any atom is 0.330 e. The molecule has 0 saturated carbocycles. The zero-order chi connectivity index (χ0) is 24.0.